The number of carbonyl (C=O) groups excluding carboxylic acids is 2. The van der Waals surface area contributed by atoms with E-state index in [4.69, 9.17) is 14.6 Å². The molecule has 0 aromatic heterocycles. The van der Waals surface area contributed by atoms with Crippen molar-refractivity contribution in [2.45, 2.75) is 77.1 Å². The number of unbranched alkanes of at least 4 members (excludes halogenated alkanes) is 3. The van der Waals surface area contributed by atoms with Crippen LogP contribution in [-0.4, -0.2) is 59.3 Å². The van der Waals surface area contributed by atoms with E-state index in [0.717, 1.165) is 25.7 Å². The van der Waals surface area contributed by atoms with Gasteiger partial charge in [0.05, 0.1) is 13.2 Å². The average molecular weight is 392 g/mol. The van der Waals surface area contributed by atoms with Crippen molar-refractivity contribution in [1.82, 2.24) is 5.32 Å². The molecule has 0 heterocycles. The highest BCUT2D eigenvalue weighted by atomic mass is 32.2. The van der Waals surface area contributed by atoms with Crippen molar-refractivity contribution in [1.29, 1.82) is 0 Å². The molecular formula is C18H33NO6S. The summed E-state index contributed by atoms with van der Waals surface area (Å²) in [5, 5.41) is 11.4. The summed E-state index contributed by atoms with van der Waals surface area (Å²) in [5.41, 5.74) is 0. The number of aliphatic carboxylic acids is 1. The van der Waals surface area contributed by atoms with E-state index in [1.807, 2.05) is 0 Å². The molecule has 0 rings (SSSR count). The molecule has 0 saturated carbocycles. The molecular weight excluding hydrogens is 358 g/mol. The predicted molar refractivity (Wildman–Crippen MR) is 102 cm³/mol. The molecule has 152 valence electrons. The Hall–Kier alpha value is -1.28. The molecule has 0 amide bonds. The van der Waals surface area contributed by atoms with Crippen molar-refractivity contribution in [2.24, 2.45) is 0 Å². The smallest absolute Gasteiger partial charge is 0.324 e. The fourth-order valence-electron chi connectivity index (χ4n) is 2.27. The third-order valence-corrected chi connectivity index (χ3v) is 5.08. The van der Waals surface area contributed by atoms with Crippen molar-refractivity contribution >= 4 is 29.7 Å². The second kappa shape index (κ2) is 14.8. The zero-order valence-corrected chi connectivity index (χ0v) is 17.1. The molecule has 2 N–H and O–H groups in total. The Morgan fingerprint density at radius 1 is 1.00 bits per heavy atom. The molecule has 0 spiro atoms. The topological polar surface area (TPSA) is 102 Å². The largest absolute Gasteiger partial charge is 0.480 e. The van der Waals surface area contributed by atoms with Crippen LogP contribution in [0.2, 0.25) is 0 Å². The van der Waals surface area contributed by atoms with Crippen LogP contribution in [0, 0.1) is 0 Å². The Balaban J connectivity index is 4.84. The van der Waals surface area contributed by atoms with Crippen LogP contribution in [-0.2, 0) is 23.9 Å². The molecule has 0 aromatic carbocycles. The maximum Gasteiger partial charge on any atom is 0.324 e. The number of hydrogen-bond donors (Lipinski definition) is 2. The number of rotatable bonds is 15. The number of hydrogen-bond acceptors (Lipinski definition) is 7. The number of thioether (sulfide) groups is 1. The molecule has 0 saturated heterocycles. The summed E-state index contributed by atoms with van der Waals surface area (Å²) in [6, 6.07) is -1.69. The summed E-state index contributed by atoms with van der Waals surface area (Å²) < 4.78 is 10.1. The molecule has 0 fully saturated rings. The number of esters is 2. The maximum absolute atomic E-state index is 12.2. The summed E-state index contributed by atoms with van der Waals surface area (Å²) in [6.07, 6.45) is 4.85. The number of nitrogens with one attached hydrogen (secondary N) is 1. The second-order valence-corrected chi connectivity index (χ2v) is 7.19. The third kappa shape index (κ3) is 10.7. The fraction of sp³-hybridized carbons (Fsp3) is 0.833. The van der Waals surface area contributed by atoms with Gasteiger partial charge in [-0.3, -0.25) is 19.7 Å². The van der Waals surface area contributed by atoms with Crippen LogP contribution in [0.3, 0.4) is 0 Å². The van der Waals surface area contributed by atoms with Crippen LogP contribution >= 0.6 is 11.8 Å². The van der Waals surface area contributed by atoms with Crippen LogP contribution in [0.15, 0.2) is 0 Å². The van der Waals surface area contributed by atoms with Crippen LogP contribution in [0.5, 0.6) is 0 Å². The summed E-state index contributed by atoms with van der Waals surface area (Å²) in [6.45, 7) is 7.55. The standard InChI is InChI=1S/C18H33NO6S/c1-5-8-9-10-11-15(18(23)25-7-3)26-12-14(17(22)24-6-2)19-13(4)16(20)21/h13-15,19H,5-12H2,1-4H3,(H,20,21)/t13-,14+,15-/m1/s1. The van der Waals surface area contributed by atoms with Crippen molar-refractivity contribution in [3.05, 3.63) is 0 Å². The molecule has 0 aliphatic heterocycles. The van der Waals surface area contributed by atoms with E-state index in [1.165, 1.54) is 18.7 Å². The lowest BCUT2D eigenvalue weighted by Gasteiger charge is -2.22. The lowest BCUT2D eigenvalue weighted by Crippen LogP contribution is -2.48. The van der Waals surface area contributed by atoms with Gasteiger partial charge in [-0.05, 0) is 27.2 Å². The van der Waals surface area contributed by atoms with Gasteiger partial charge in [0, 0.05) is 5.75 Å². The van der Waals surface area contributed by atoms with Crippen LogP contribution in [0.1, 0.15) is 59.8 Å². The average Bonchev–Trinajstić information content (AvgIpc) is 2.59. The molecule has 26 heavy (non-hydrogen) atoms. The minimum absolute atomic E-state index is 0.210. The predicted octanol–water partition coefficient (Wildman–Crippen LogP) is 2.62. The molecule has 0 aliphatic carbocycles. The van der Waals surface area contributed by atoms with Crippen molar-refractivity contribution < 1.29 is 29.0 Å². The number of ether oxygens (including phenoxy) is 2. The van der Waals surface area contributed by atoms with Gasteiger partial charge >= 0.3 is 17.9 Å². The van der Waals surface area contributed by atoms with Gasteiger partial charge < -0.3 is 14.6 Å². The number of carboxylic acids is 1. The van der Waals surface area contributed by atoms with Gasteiger partial charge in [0.2, 0.25) is 0 Å². The fourth-order valence-corrected chi connectivity index (χ4v) is 3.47. The quantitative estimate of drug-likeness (QED) is 0.324. The maximum atomic E-state index is 12.2. The van der Waals surface area contributed by atoms with Crippen molar-refractivity contribution in [3.63, 3.8) is 0 Å². The van der Waals surface area contributed by atoms with Crippen molar-refractivity contribution in [2.75, 3.05) is 19.0 Å². The van der Waals surface area contributed by atoms with E-state index in [1.54, 1.807) is 13.8 Å². The highest BCUT2D eigenvalue weighted by molar-refractivity contribution is 8.00. The van der Waals surface area contributed by atoms with E-state index in [0.29, 0.717) is 13.0 Å². The monoisotopic (exact) mass is 391 g/mol. The van der Waals surface area contributed by atoms with Crippen LogP contribution in [0.25, 0.3) is 0 Å². The third-order valence-electron chi connectivity index (χ3n) is 3.73. The molecule has 0 radical (unpaired) electrons. The van der Waals surface area contributed by atoms with E-state index < -0.39 is 24.0 Å². The molecule has 0 bridgehead atoms. The summed E-state index contributed by atoms with van der Waals surface area (Å²) >= 11 is 1.31. The molecule has 3 atom stereocenters. The summed E-state index contributed by atoms with van der Waals surface area (Å²) in [5.74, 6) is -1.61. The number of carboxylic acid groups (broad SMARTS) is 1. The highest BCUT2D eigenvalue weighted by Crippen LogP contribution is 2.21. The molecule has 0 unspecified atom stereocenters. The van der Waals surface area contributed by atoms with Gasteiger partial charge in [0.15, 0.2) is 0 Å². The van der Waals surface area contributed by atoms with E-state index in [-0.39, 0.29) is 23.6 Å². The Labute approximate surface area is 160 Å². The van der Waals surface area contributed by atoms with Crippen LogP contribution < -0.4 is 5.32 Å². The number of carbonyl (C=O) groups is 3. The first-order valence-electron chi connectivity index (χ1n) is 9.30. The van der Waals surface area contributed by atoms with E-state index in [9.17, 15) is 14.4 Å². The lowest BCUT2D eigenvalue weighted by atomic mass is 10.1. The Morgan fingerprint density at radius 3 is 2.15 bits per heavy atom. The van der Waals surface area contributed by atoms with E-state index in [2.05, 4.69) is 12.2 Å². The molecule has 0 aliphatic rings. The Kier molecular flexibility index (Phi) is 14.1. The van der Waals surface area contributed by atoms with Gasteiger partial charge in [-0.1, -0.05) is 32.6 Å². The molecule has 0 aromatic rings. The SMILES string of the molecule is CCCCCC[C@@H](SC[C@H](N[C@H](C)C(=O)O)C(=O)OCC)C(=O)OCC. The first-order valence-corrected chi connectivity index (χ1v) is 10.4. The van der Waals surface area contributed by atoms with E-state index >= 15 is 0 Å². The summed E-state index contributed by atoms with van der Waals surface area (Å²) in [4.78, 5) is 35.3. The first kappa shape index (κ1) is 24.7. The first-order chi connectivity index (χ1) is 12.4. The minimum atomic E-state index is -1.05. The van der Waals surface area contributed by atoms with Crippen LogP contribution in [0.4, 0.5) is 0 Å². The molecule has 7 nitrogen and oxygen atoms in total. The van der Waals surface area contributed by atoms with Crippen molar-refractivity contribution in [3.8, 4) is 0 Å². The van der Waals surface area contributed by atoms with Gasteiger partial charge in [0.1, 0.15) is 17.3 Å². The minimum Gasteiger partial charge on any atom is -0.480 e. The zero-order valence-electron chi connectivity index (χ0n) is 16.3. The summed E-state index contributed by atoms with van der Waals surface area (Å²) in [7, 11) is 0. The molecule has 8 heteroatoms. The van der Waals surface area contributed by atoms with Gasteiger partial charge in [-0.15, -0.1) is 11.8 Å². The zero-order chi connectivity index (χ0) is 19.9. The Bertz CT molecular complexity index is 432. The van der Waals surface area contributed by atoms with Gasteiger partial charge in [-0.25, -0.2) is 0 Å². The van der Waals surface area contributed by atoms with Gasteiger partial charge in [-0.2, -0.15) is 0 Å². The Morgan fingerprint density at radius 2 is 1.62 bits per heavy atom. The second-order valence-electron chi connectivity index (χ2n) is 5.95. The normalized spacial score (nSPS) is 14.3. The highest BCUT2D eigenvalue weighted by Gasteiger charge is 2.28. The lowest BCUT2D eigenvalue weighted by molar-refractivity contribution is -0.146. The van der Waals surface area contributed by atoms with Gasteiger partial charge in [0.25, 0.3) is 0 Å².